The quantitative estimate of drug-likeness (QED) is 0.427. The Bertz CT molecular complexity index is 192. The molecule has 0 atom stereocenters. The zero-order chi connectivity index (χ0) is 17.5. The van der Waals surface area contributed by atoms with E-state index in [1.54, 1.807) is 0 Å². The monoisotopic (exact) mass is 316 g/mol. The van der Waals surface area contributed by atoms with Crippen molar-refractivity contribution in [2.45, 2.75) is 80.1 Å². The molecule has 0 aliphatic rings. The molecule has 0 N–H and O–H groups in total. The highest BCUT2D eigenvalue weighted by atomic mass is 15.3. The molecule has 0 spiro atoms. The van der Waals surface area contributed by atoms with E-state index in [-0.39, 0.29) is 0 Å². The van der Waals surface area contributed by atoms with Crippen LogP contribution in [0.3, 0.4) is 0 Å². The van der Waals surface area contributed by atoms with Crippen molar-refractivity contribution in [1.29, 1.82) is 0 Å². The number of quaternary nitrogens is 2. The molecule has 0 aromatic carbocycles. The van der Waals surface area contributed by atoms with E-state index in [2.05, 4.69) is 55.6 Å². The van der Waals surface area contributed by atoms with Gasteiger partial charge in [0.2, 0.25) is 0 Å². The standard InChI is InChI=1S/C13H30N.C7H18N/c1-5-8-11-14(4,12-9-6-2)13-10-7-3;1-5-8(4,6-2)7-3/h5-13H2,1-4H3;5-7H2,1-4H3/q2*+1. The van der Waals surface area contributed by atoms with E-state index in [1.807, 2.05) is 0 Å². The normalized spacial score (nSPS) is 12.0. The lowest BCUT2D eigenvalue weighted by Gasteiger charge is -2.34. The van der Waals surface area contributed by atoms with Gasteiger partial charge in [-0.3, -0.25) is 0 Å². The largest absolute Gasteiger partial charge is 0.327 e. The highest BCUT2D eigenvalue weighted by molar-refractivity contribution is 4.43. The predicted molar refractivity (Wildman–Crippen MR) is 103 cm³/mol. The van der Waals surface area contributed by atoms with Gasteiger partial charge in [-0.25, -0.2) is 0 Å². The van der Waals surface area contributed by atoms with Crippen LogP contribution >= 0.6 is 0 Å². The number of nitrogens with zero attached hydrogens (tertiary/aromatic N) is 2. The molecule has 0 heterocycles. The summed E-state index contributed by atoms with van der Waals surface area (Å²) in [5.74, 6) is 0. The van der Waals surface area contributed by atoms with E-state index in [0.29, 0.717) is 0 Å². The molecule has 2 heteroatoms. The first-order valence-corrected chi connectivity index (χ1v) is 10.0. The first-order valence-electron chi connectivity index (χ1n) is 10.0. The van der Waals surface area contributed by atoms with E-state index in [0.717, 1.165) is 0 Å². The van der Waals surface area contributed by atoms with Crippen LogP contribution in [0, 0.1) is 0 Å². The van der Waals surface area contributed by atoms with Crippen LogP contribution in [-0.4, -0.2) is 62.3 Å². The smallest absolute Gasteiger partial charge is 0.0784 e. The fraction of sp³-hybridized carbons (Fsp3) is 1.00. The Morgan fingerprint density at radius 3 is 0.864 bits per heavy atom. The van der Waals surface area contributed by atoms with Gasteiger partial charge in [0.1, 0.15) is 0 Å². The highest BCUT2D eigenvalue weighted by Gasteiger charge is 2.18. The maximum absolute atomic E-state index is 2.45. The summed E-state index contributed by atoms with van der Waals surface area (Å²) >= 11 is 0. The summed E-state index contributed by atoms with van der Waals surface area (Å²) in [6, 6.07) is 0. The van der Waals surface area contributed by atoms with Crippen molar-refractivity contribution in [1.82, 2.24) is 0 Å². The Morgan fingerprint density at radius 1 is 0.455 bits per heavy atom. The average molecular weight is 317 g/mol. The van der Waals surface area contributed by atoms with Crippen LogP contribution in [0.2, 0.25) is 0 Å². The molecule has 0 saturated carbocycles. The fourth-order valence-electron chi connectivity index (χ4n) is 2.63. The van der Waals surface area contributed by atoms with E-state index in [1.165, 1.54) is 86.8 Å². The maximum atomic E-state index is 2.45. The zero-order valence-corrected chi connectivity index (χ0v) is 17.4. The topological polar surface area (TPSA) is 0 Å². The summed E-state index contributed by atoms with van der Waals surface area (Å²) in [6.45, 7) is 21.5. The molecule has 0 radical (unpaired) electrons. The van der Waals surface area contributed by atoms with Crippen molar-refractivity contribution in [3.63, 3.8) is 0 Å². The third-order valence-corrected chi connectivity index (χ3v) is 5.44. The summed E-state index contributed by atoms with van der Waals surface area (Å²) in [5.41, 5.74) is 0. The van der Waals surface area contributed by atoms with E-state index in [9.17, 15) is 0 Å². The van der Waals surface area contributed by atoms with Gasteiger partial charge in [-0.15, -0.1) is 0 Å². The van der Waals surface area contributed by atoms with Crippen molar-refractivity contribution >= 4 is 0 Å². The van der Waals surface area contributed by atoms with Gasteiger partial charge >= 0.3 is 0 Å². The Kier molecular flexibility index (Phi) is 15.9. The SMILES string of the molecule is CCCC[N+](C)(CCCC)CCCC.CC[N+](C)(CC)CC. The van der Waals surface area contributed by atoms with Gasteiger partial charge in [0, 0.05) is 0 Å². The molecule has 22 heavy (non-hydrogen) atoms. The Labute approximate surface area is 143 Å². The molecule has 0 aromatic rings. The van der Waals surface area contributed by atoms with E-state index >= 15 is 0 Å². The second-order valence-corrected chi connectivity index (χ2v) is 7.42. The predicted octanol–water partition coefficient (Wildman–Crippen LogP) is 5.33. The molecule has 0 aliphatic heterocycles. The Hall–Kier alpha value is -0.0800. The Morgan fingerprint density at radius 2 is 0.727 bits per heavy atom. The van der Waals surface area contributed by atoms with Crippen LogP contribution in [0.5, 0.6) is 0 Å². The molecule has 0 unspecified atom stereocenters. The van der Waals surface area contributed by atoms with Gasteiger partial charge in [-0.1, -0.05) is 40.0 Å². The molecule has 0 saturated heterocycles. The second-order valence-electron chi connectivity index (χ2n) is 7.42. The van der Waals surface area contributed by atoms with Gasteiger partial charge in [-0.05, 0) is 40.0 Å². The van der Waals surface area contributed by atoms with Crippen LogP contribution in [0.15, 0.2) is 0 Å². The molecule has 0 bridgehead atoms. The van der Waals surface area contributed by atoms with E-state index in [4.69, 9.17) is 0 Å². The molecule has 136 valence electrons. The minimum Gasteiger partial charge on any atom is -0.327 e. The molecule has 0 fully saturated rings. The first-order chi connectivity index (χ1) is 10.4. The lowest BCUT2D eigenvalue weighted by Crippen LogP contribution is -2.46. The number of hydrogen-bond donors (Lipinski definition) is 0. The van der Waals surface area contributed by atoms with Crippen molar-refractivity contribution in [3.05, 3.63) is 0 Å². The summed E-state index contributed by atoms with van der Waals surface area (Å²) in [5, 5.41) is 0. The third kappa shape index (κ3) is 12.5. The zero-order valence-electron chi connectivity index (χ0n) is 17.4. The molecule has 0 aromatic heterocycles. The van der Waals surface area contributed by atoms with Gasteiger partial charge in [0.05, 0.1) is 53.4 Å². The molecule has 2 nitrogen and oxygen atoms in total. The van der Waals surface area contributed by atoms with Gasteiger partial charge in [0.25, 0.3) is 0 Å². The van der Waals surface area contributed by atoms with E-state index < -0.39 is 0 Å². The third-order valence-electron chi connectivity index (χ3n) is 5.44. The van der Waals surface area contributed by atoms with Gasteiger partial charge in [-0.2, -0.15) is 0 Å². The van der Waals surface area contributed by atoms with Crippen LogP contribution in [-0.2, 0) is 0 Å². The lowest BCUT2D eigenvalue weighted by molar-refractivity contribution is -0.910. The first kappa shape index (κ1) is 24.2. The van der Waals surface area contributed by atoms with Gasteiger partial charge < -0.3 is 8.97 Å². The van der Waals surface area contributed by atoms with Crippen molar-refractivity contribution in [3.8, 4) is 0 Å². The summed E-state index contributed by atoms with van der Waals surface area (Å²) in [6.07, 6.45) is 8.20. The molecular formula is C20H48N2+2. The number of rotatable bonds is 12. The summed E-state index contributed by atoms with van der Waals surface area (Å²) < 4.78 is 2.52. The van der Waals surface area contributed by atoms with Crippen LogP contribution in [0.4, 0.5) is 0 Å². The highest BCUT2D eigenvalue weighted by Crippen LogP contribution is 2.10. The Balaban J connectivity index is 0. The van der Waals surface area contributed by atoms with Crippen LogP contribution in [0.25, 0.3) is 0 Å². The minimum absolute atomic E-state index is 1.21. The second kappa shape index (κ2) is 14.5. The fourth-order valence-corrected chi connectivity index (χ4v) is 2.63. The molecule has 0 rings (SSSR count). The van der Waals surface area contributed by atoms with Crippen molar-refractivity contribution in [2.24, 2.45) is 0 Å². The van der Waals surface area contributed by atoms with Crippen LogP contribution in [0.1, 0.15) is 80.1 Å². The lowest BCUT2D eigenvalue weighted by atomic mass is 10.2. The van der Waals surface area contributed by atoms with Crippen LogP contribution < -0.4 is 0 Å². The minimum atomic E-state index is 1.21. The number of hydrogen-bond acceptors (Lipinski definition) is 0. The average Bonchev–Trinajstić information content (AvgIpc) is 2.56. The summed E-state index contributed by atoms with van der Waals surface area (Å²) in [7, 11) is 4.74. The molecule has 0 aliphatic carbocycles. The molecular weight excluding hydrogens is 268 g/mol. The summed E-state index contributed by atoms with van der Waals surface area (Å²) in [4.78, 5) is 0. The molecule has 0 amide bonds. The van der Waals surface area contributed by atoms with Crippen molar-refractivity contribution < 1.29 is 8.97 Å². The number of unbranched alkanes of at least 4 members (excludes halogenated alkanes) is 3. The van der Waals surface area contributed by atoms with Crippen molar-refractivity contribution in [2.75, 3.05) is 53.4 Å². The maximum Gasteiger partial charge on any atom is 0.0784 e. The van der Waals surface area contributed by atoms with Gasteiger partial charge in [0.15, 0.2) is 0 Å².